The van der Waals surface area contributed by atoms with E-state index in [0.29, 0.717) is 11.6 Å². The third kappa shape index (κ3) is 4.89. The number of nitrogens with zero attached hydrogens (tertiary/aromatic N) is 4. The molecule has 5 nitrogen and oxygen atoms in total. The molecule has 0 saturated carbocycles. The topological polar surface area (TPSA) is 42.6 Å². The van der Waals surface area contributed by atoms with Crippen molar-refractivity contribution in [3.05, 3.63) is 83.4 Å². The molecule has 27 heavy (non-hydrogen) atoms. The van der Waals surface area contributed by atoms with Crippen LogP contribution in [0.25, 0.3) is 0 Å². The van der Waals surface area contributed by atoms with Crippen LogP contribution in [0.5, 0.6) is 5.75 Å². The summed E-state index contributed by atoms with van der Waals surface area (Å²) in [7, 11) is 0. The first-order chi connectivity index (χ1) is 13.2. The van der Waals surface area contributed by atoms with Crippen LogP contribution in [-0.2, 0) is 6.61 Å². The van der Waals surface area contributed by atoms with Crippen molar-refractivity contribution in [2.75, 3.05) is 13.1 Å². The highest BCUT2D eigenvalue weighted by atomic mass is 35.5. The number of ether oxygens (including phenoxy) is 1. The van der Waals surface area contributed by atoms with E-state index in [4.69, 9.17) is 21.4 Å². The largest absolute Gasteiger partial charge is 0.488 e. The Labute approximate surface area is 164 Å². The highest BCUT2D eigenvalue weighted by molar-refractivity contribution is 6.30. The van der Waals surface area contributed by atoms with Gasteiger partial charge in [0.2, 0.25) is 0 Å². The second-order valence-electron chi connectivity index (χ2n) is 5.94. The van der Waals surface area contributed by atoms with Crippen LogP contribution in [0, 0.1) is 0 Å². The monoisotopic (exact) mass is 382 g/mol. The van der Waals surface area contributed by atoms with Crippen LogP contribution in [0.4, 0.5) is 0 Å². The summed E-state index contributed by atoms with van der Waals surface area (Å²) in [6, 6.07) is 15.6. The van der Waals surface area contributed by atoms with Gasteiger partial charge in [-0.05, 0) is 43.7 Å². The first-order valence-electron chi connectivity index (χ1n) is 8.99. The Morgan fingerprint density at radius 1 is 1.11 bits per heavy atom. The van der Waals surface area contributed by atoms with Crippen molar-refractivity contribution in [1.29, 1.82) is 0 Å². The quantitative estimate of drug-likeness (QED) is 0.339. The van der Waals surface area contributed by atoms with Gasteiger partial charge in [-0.2, -0.15) is 5.10 Å². The van der Waals surface area contributed by atoms with Crippen molar-refractivity contribution < 1.29 is 4.74 Å². The summed E-state index contributed by atoms with van der Waals surface area (Å²) in [5.74, 6) is 1.55. The lowest BCUT2D eigenvalue weighted by molar-refractivity contribution is 0.304. The van der Waals surface area contributed by atoms with Crippen LogP contribution in [0.15, 0.2) is 72.4 Å². The van der Waals surface area contributed by atoms with E-state index in [0.717, 1.165) is 35.8 Å². The standard InChI is InChI=1S/C21H23ClN4O/c1-3-26(4-2)24-21(25-14-13-23-16-25)19-7-5-6-8-20(19)27-15-17-9-11-18(22)12-10-17/h5-14,16H,3-4,15H2,1-2H3. The summed E-state index contributed by atoms with van der Waals surface area (Å²) < 4.78 is 8.02. The van der Waals surface area contributed by atoms with Crippen LogP contribution in [-0.4, -0.2) is 33.5 Å². The average molecular weight is 383 g/mol. The molecule has 0 bridgehead atoms. The molecule has 0 N–H and O–H groups in total. The summed E-state index contributed by atoms with van der Waals surface area (Å²) in [5.41, 5.74) is 1.97. The average Bonchev–Trinajstić information content (AvgIpc) is 3.23. The van der Waals surface area contributed by atoms with Crippen molar-refractivity contribution in [1.82, 2.24) is 14.6 Å². The van der Waals surface area contributed by atoms with Gasteiger partial charge in [0.15, 0.2) is 5.84 Å². The number of aromatic nitrogens is 2. The molecule has 6 heteroatoms. The molecule has 0 radical (unpaired) electrons. The first-order valence-corrected chi connectivity index (χ1v) is 9.37. The molecule has 1 heterocycles. The van der Waals surface area contributed by atoms with Gasteiger partial charge in [0.25, 0.3) is 0 Å². The van der Waals surface area contributed by atoms with E-state index in [1.807, 2.05) is 64.3 Å². The normalized spacial score (nSPS) is 11.4. The Hall–Kier alpha value is -2.79. The Bertz CT molecular complexity index is 871. The van der Waals surface area contributed by atoms with Crippen LogP contribution in [0.2, 0.25) is 5.02 Å². The van der Waals surface area contributed by atoms with Crippen molar-refractivity contribution >= 4 is 17.4 Å². The fraction of sp³-hybridized carbons (Fsp3) is 0.238. The molecule has 0 aliphatic carbocycles. The number of benzene rings is 2. The highest BCUT2D eigenvalue weighted by Gasteiger charge is 2.14. The fourth-order valence-corrected chi connectivity index (χ4v) is 2.77. The molecule has 0 spiro atoms. The lowest BCUT2D eigenvalue weighted by Gasteiger charge is -2.19. The van der Waals surface area contributed by atoms with Gasteiger partial charge >= 0.3 is 0 Å². The third-order valence-electron chi connectivity index (χ3n) is 4.15. The zero-order chi connectivity index (χ0) is 19.1. The number of hydrogen-bond donors (Lipinski definition) is 0. The molecule has 0 atom stereocenters. The van der Waals surface area contributed by atoms with E-state index >= 15 is 0 Å². The van der Waals surface area contributed by atoms with Crippen LogP contribution < -0.4 is 4.74 Å². The number of imidazole rings is 1. The Balaban J connectivity index is 1.92. The van der Waals surface area contributed by atoms with Gasteiger partial charge in [-0.1, -0.05) is 35.9 Å². The lowest BCUT2D eigenvalue weighted by atomic mass is 10.1. The summed E-state index contributed by atoms with van der Waals surface area (Å²) in [5, 5.41) is 7.55. The molecule has 0 aliphatic rings. The Morgan fingerprint density at radius 3 is 2.52 bits per heavy atom. The zero-order valence-corrected chi connectivity index (χ0v) is 16.3. The van der Waals surface area contributed by atoms with Gasteiger partial charge < -0.3 is 4.74 Å². The van der Waals surface area contributed by atoms with E-state index in [-0.39, 0.29) is 0 Å². The van der Waals surface area contributed by atoms with Crippen molar-refractivity contribution in [3.8, 4) is 5.75 Å². The molecule has 3 aromatic rings. The summed E-state index contributed by atoms with van der Waals surface area (Å²) in [6.07, 6.45) is 5.38. The predicted molar refractivity (Wildman–Crippen MR) is 109 cm³/mol. The van der Waals surface area contributed by atoms with Gasteiger partial charge in [-0.25, -0.2) is 4.98 Å². The second kappa shape index (κ2) is 9.24. The van der Waals surface area contributed by atoms with Gasteiger partial charge in [-0.3, -0.25) is 9.58 Å². The maximum Gasteiger partial charge on any atom is 0.169 e. The minimum absolute atomic E-state index is 0.455. The molecule has 0 fully saturated rings. The van der Waals surface area contributed by atoms with E-state index in [2.05, 4.69) is 18.8 Å². The van der Waals surface area contributed by atoms with Crippen LogP contribution >= 0.6 is 11.6 Å². The molecule has 0 aliphatic heterocycles. The van der Waals surface area contributed by atoms with Crippen molar-refractivity contribution in [2.24, 2.45) is 5.10 Å². The second-order valence-corrected chi connectivity index (χ2v) is 6.38. The predicted octanol–water partition coefficient (Wildman–Crippen LogP) is 4.67. The Kier molecular flexibility index (Phi) is 6.49. The molecule has 140 valence electrons. The smallest absolute Gasteiger partial charge is 0.169 e. The summed E-state index contributed by atoms with van der Waals surface area (Å²) >= 11 is 5.96. The molecule has 2 aromatic carbocycles. The van der Waals surface area contributed by atoms with E-state index in [1.165, 1.54) is 0 Å². The maximum absolute atomic E-state index is 6.11. The highest BCUT2D eigenvalue weighted by Crippen LogP contribution is 2.22. The number of para-hydroxylation sites is 1. The SMILES string of the molecule is CCN(CC)N=C(c1ccccc1OCc1ccc(Cl)cc1)n1ccnc1. The van der Waals surface area contributed by atoms with Gasteiger partial charge in [-0.15, -0.1) is 0 Å². The summed E-state index contributed by atoms with van der Waals surface area (Å²) in [6.45, 7) is 6.27. The fourth-order valence-electron chi connectivity index (χ4n) is 2.65. The van der Waals surface area contributed by atoms with E-state index < -0.39 is 0 Å². The minimum Gasteiger partial charge on any atom is -0.488 e. The zero-order valence-electron chi connectivity index (χ0n) is 15.5. The number of halogens is 1. The van der Waals surface area contributed by atoms with Crippen LogP contribution in [0.1, 0.15) is 25.0 Å². The van der Waals surface area contributed by atoms with E-state index in [1.54, 1.807) is 12.5 Å². The third-order valence-corrected chi connectivity index (χ3v) is 4.40. The molecular formula is C21H23ClN4O. The van der Waals surface area contributed by atoms with E-state index in [9.17, 15) is 0 Å². The number of hydrazone groups is 1. The molecular weight excluding hydrogens is 360 g/mol. The number of hydrogen-bond acceptors (Lipinski definition) is 4. The molecule has 0 saturated heterocycles. The molecule has 1 aromatic heterocycles. The summed E-state index contributed by atoms with van der Waals surface area (Å²) in [4.78, 5) is 4.17. The minimum atomic E-state index is 0.455. The van der Waals surface area contributed by atoms with Crippen LogP contribution in [0.3, 0.4) is 0 Å². The molecule has 0 unspecified atom stereocenters. The van der Waals surface area contributed by atoms with Gasteiger partial charge in [0.1, 0.15) is 18.7 Å². The Morgan fingerprint density at radius 2 is 1.85 bits per heavy atom. The van der Waals surface area contributed by atoms with Crippen molar-refractivity contribution in [3.63, 3.8) is 0 Å². The number of rotatable bonds is 7. The van der Waals surface area contributed by atoms with Gasteiger partial charge in [0.05, 0.1) is 5.56 Å². The maximum atomic E-state index is 6.11. The first kappa shape index (κ1) is 19.0. The van der Waals surface area contributed by atoms with Crippen molar-refractivity contribution in [2.45, 2.75) is 20.5 Å². The molecule has 3 rings (SSSR count). The lowest BCUT2D eigenvalue weighted by Crippen LogP contribution is -2.23. The van der Waals surface area contributed by atoms with Gasteiger partial charge in [0, 0.05) is 30.5 Å². The molecule has 0 amide bonds.